The maximum absolute atomic E-state index is 10.5. The van der Waals surface area contributed by atoms with Crippen molar-refractivity contribution in [3.8, 4) is 0 Å². The highest BCUT2D eigenvalue weighted by Gasteiger charge is 2.13. The van der Waals surface area contributed by atoms with Crippen LogP contribution in [0.4, 0.5) is 5.69 Å². The molecule has 0 amide bonds. The second-order valence-electron chi connectivity index (χ2n) is 4.44. The summed E-state index contributed by atoms with van der Waals surface area (Å²) in [4.78, 5) is 10.00. The molecule has 2 aromatic heterocycles. The topological polar surface area (TPSA) is 99.0 Å². The molecule has 8 heteroatoms. The summed E-state index contributed by atoms with van der Waals surface area (Å²) in [7, 11) is 0. The molecule has 0 aromatic carbocycles. The van der Waals surface area contributed by atoms with Crippen LogP contribution < -0.4 is 0 Å². The van der Waals surface area contributed by atoms with Gasteiger partial charge in [-0.2, -0.15) is 10.2 Å². The molecule has 0 saturated heterocycles. The Morgan fingerprint density at radius 2 is 2.21 bits per heavy atom. The molecule has 1 unspecified atom stereocenters. The van der Waals surface area contributed by atoms with Crippen LogP contribution in [0.2, 0.25) is 0 Å². The van der Waals surface area contributed by atoms with E-state index >= 15 is 0 Å². The van der Waals surface area contributed by atoms with E-state index < -0.39 is 11.0 Å². The summed E-state index contributed by atoms with van der Waals surface area (Å²) in [6.07, 6.45) is 1.75. The average molecular weight is 265 g/mol. The maximum Gasteiger partial charge on any atom is 0.306 e. The van der Waals surface area contributed by atoms with Gasteiger partial charge in [0.25, 0.3) is 0 Å². The van der Waals surface area contributed by atoms with Crippen molar-refractivity contribution in [2.45, 2.75) is 33.0 Å². The summed E-state index contributed by atoms with van der Waals surface area (Å²) >= 11 is 0. The lowest BCUT2D eigenvalue weighted by molar-refractivity contribution is -0.385. The quantitative estimate of drug-likeness (QED) is 0.632. The van der Waals surface area contributed by atoms with Crippen molar-refractivity contribution < 1.29 is 10.0 Å². The van der Waals surface area contributed by atoms with Gasteiger partial charge >= 0.3 is 5.69 Å². The van der Waals surface area contributed by atoms with Crippen LogP contribution in [0.3, 0.4) is 0 Å². The third-order valence-electron chi connectivity index (χ3n) is 2.72. The first-order chi connectivity index (χ1) is 8.95. The van der Waals surface area contributed by atoms with Gasteiger partial charge in [0.1, 0.15) is 12.4 Å². The number of aromatic nitrogens is 4. The first-order valence-electron chi connectivity index (χ1n) is 5.81. The molecule has 102 valence electrons. The molecule has 19 heavy (non-hydrogen) atoms. The van der Waals surface area contributed by atoms with Crippen LogP contribution in [0.15, 0.2) is 18.5 Å². The Hall–Kier alpha value is -2.22. The van der Waals surface area contributed by atoms with E-state index in [-0.39, 0.29) is 12.2 Å². The number of nitrogens with zero attached hydrogens (tertiary/aromatic N) is 5. The maximum atomic E-state index is 10.5. The van der Waals surface area contributed by atoms with Gasteiger partial charge in [-0.25, -0.2) is 0 Å². The van der Waals surface area contributed by atoms with Gasteiger partial charge in [-0.05, 0) is 19.9 Å². The summed E-state index contributed by atoms with van der Waals surface area (Å²) < 4.78 is 3.06. The van der Waals surface area contributed by atoms with E-state index in [1.165, 1.54) is 10.9 Å². The van der Waals surface area contributed by atoms with Gasteiger partial charge in [-0.1, -0.05) is 0 Å². The van der Waals surface area contributed by atoms with Gasteiger partial charge < -0.3 is 5.11 Å². The lowest BCUT2D eigenvalue weighted by Gasteiger charge is -2.11. The molecular weight excluding hydrogens is 250 g/mol. The number of aliphatic hydroxyl groups excluding tert-OH is 1. The second-order valence-corrected chi connectivity index (χ2v) is 4.44. The number of hydrogen-bond acceptors (Lipinski definition) is 5. The van der Waals surface area contributed by atoms with Crippen molar-refractivity contribution in [2.75, 3.05) is 0 Å². The molecule has 0 bridgehead atoms. The monoisotopic (exact) mass is 265 g/mol. The minimum atomic E-state index is -0.711. The zero-order valence-electron chi connectivity index (χ0n) is 10.7. The number of aliphatic hydroxyl groups is 1. The normalized spacial score (nSPS) is 12.6. The Morgan fingerprint density at radius 1 is 1.47 bits per heavy atom. The van der Waals surface area contributed by atoms with Crippen molar-refractivity contribution in [1.82, 2.24) is 19.6 Å². The van der Waals surface area contributed by atoms with Crippen molar-refractivity contribution in [1.29, 1.82) is 0 Å². The fourth-order valence-electron chi connectivity index (χ4n) is 1.88. The van der Waals surface area contributed by atoms with E-state index in [4.69, 9.17) is 0 Å². The SMILES string of the molecule is Cc1cc(C)n(CC(O)Cn2cc([N+](=O)[O-])cn2)n1. The lowest BCUT2D eigenvalue weighted by Crippen LogP contribution is -2.23. The number of rotatable bonds is 5. The fraction of sp³-hybridized carbons (Fsp3) is 0.455. The Morgan fingerprint density at radius 3 is 2.74 bits per heavy atom. The van der Waals surface area contributed by atoms with Gasteiger partial charge in [0, 0.05) is 5.69 Å². The number of hydrogen-bond donors (Lipinski definition) is 1. The zero-order chi connectivity index (χ0) is 14.0. The van der Waals surface area contributed by atoms with Gasteiger partial charge in [0.2, 0.25) is 0 Å². The summed E-state index contributed by atoms with van der Waals surface area (Å²) in [6.45, 7) is 4.30. The van der Waals surface area contributed by atoms with E-state index in [2.05, 4.69) is 10.2 Å². The van der Waals surface area contributed by atoms with Crippen LogP contribution in [0.25, 0.3) is 0 Å². The van der Waals surface area contributed by atoms with Crippen LogP contribution in [-0.4, -0.2) is 35.7 Å². The predicted octanol–water partition coefficient (Wildman–Crippen LogP) is 0.666. The first-order valence-corrected chi connectivity index (χ1v) is 5.81. The summed E-state index contributed by atoms with van der Waals surface area (Å²) in [5.41, 5.74) is 1.76. The van der Waals surface area contributed by atoms with Crippen LogP contribution in [0, 0.1) is 24.0 Å². The summed E-state index contributed by atoms with van der Waals surface area (Å²) in [6, 6.07) is 1.92. The highest BCUT2D eigenvalue weighted by atomic mass is 16.6. The molecule has 0 spiro atoms. The third-order valence-corrected chi connectivity index (χ3v) is 2.72. The fourth-order valence-corrected chi connectivity index (χ4v) is 1.88. The number of aryl methyl sites for hydroxylation is 2. The first kappa shape index (κ1) is 13.2. The Kier molecular flexibility index (Phi) is 3.61. The molecule has 2 aromatic rings. The predicted molar refractivity (Wildman–Crippen MR) is 66.6 cm³/mol. The Bertz CT molecular complexity index is 589. The molecule has 0 saturated carbocycles. The Balaban J connectivity index is 1.98. The molecule has 8 nitrogen and oxygen atoms in total. The lowest BCUT2D eigenvalue weighted by atomic mass is 10.3. The highest BCUT2D eigenvalue weighted by molar-refractivity contribution is 5.20. The van der Waals surface area contributed by atoms with Crippen LogP contribution in [-0.2, 0) is 13.1 Å². The van der Waals surface area contributed by atoms with E-state index in [1.807, 2.05) is 19.9 Å². The minimum Gasteiger partial charge on any atom is -0.389 e. The molecule has 2 heterocycles. The van der Waals surface area contributed by atoms with Crippen molar-refractivity contribution >= 4 is 5.69 Å². The molecule has 2 rings (SSSR count). The number of nitro groups is 1. The van der Waals surface area contributed by atoms with Crippen LogP contribution >= 0.6 is 0 Å². The largest absolute Gasteiger partial charge is 0.389 e. The molecule has 0 fully saturated rings. The van der Waals surface area contributed by atoms with Crippen LogP contribution in [0.5, 0.6) is 0 Å². The summed E-state index contributed by atoms with van der Waals surface area (Å²) in [5, 5.41) is 28.5. The van der Waals surface area contributed by atoms with Gasteiger partial charge in [0.15, 0.2) is 0 Å². The van der Waals surface area contributed by atoms with Gasteiger partial charge in [0.05, 0.1) is 29.8 Å². The summed E-state index contributed by atoms with van der Waals surface area (Å²) in [5.74, 6) is 0. The zero-order valence-corrected chi connectivity index (χ0v) is 10.7. The van der Waals surface area contributed by atoms with E-state index in [0.29, 0.717) is 6.54 Å². The van der Waals surface area contributed by atoms with Crippen molar-refractivity contribution in [2.24, 2.45) is 0 Å². The molecule has 0 aliphatic rings. The molecule has 1 N–H and O–H groups in total. The van der Waals surface area contributed by atoms with E-state index in [9.17, 15) is 15.2 Å². The second kappa shape index (κ2) is 5.19. The van der Waals surface area contributed by atoms with Crippen molar-refractivity contribution in [3.63, 3.8) is 0 Å². The smallest absolute Gasteiger partial charge is 0.306 e. The molecule has 0 aliphatic heterocycles. The van der Waals surface area contributed by atoms with Crippen LogP contribution in [0.1, 0.15) is 11.4 Å². The molecule has 0 aliphatic carbocycles. The van der Waals surface area contributed by atoms with Crippen molar-refractivity contribution in [3.05, 3.63) is 40.0 Å². The molecular formula is C11H15N5O3. The third kappa shape index (κ3) is 3.16. The molecule has 1 atom stereocenters. The average Bonchev–Trinajstić information content (AvgIpc) is 2.87. The van der Waals surface area contributed by atoms with E-state index in [1.54, 1.807) is 4.68 Å². The van der Waals surface area contributed by atoms with E-state index in [0.717, 1.165) is 17.6 Å². The highest BCUT2D eigenvalue weighted by Crippen LogP contribution is 2.09. The van der Waals surface area contributed by atoms with Gasteiger partial charge in [-0.15, -0.1) is 0 Å². The Labute approximate surface area is 109 Å². The minimum absolute atomic E-state index is 0.0849. The van der Waals surface area contributed by atoms with Gasteiger partial charge in [-0.3, -0.25) is 19.5 Å². The molecule has 0 radical (unpaired) electrons. The standard InChI is InChI=1S/C11H15N5O3/c1-8-3-9(2)15(13-8)7-11(17)6-14-5-10(4-12-14)16(18)19/h3-5,11,17H,6-7H2,1-2H3.